The number of nitrogens with one attached hydrogen (secondary N) is 1. The highest BCUT2D eigenvalue weighted by atomic mass is 35.5. The van der Waals surface area contributed by atoms with E-state index in [1.54, 1.807) is 12.3 Å². The molecular formula is C33H44Cl4N4O2S. The quantitative estimate of drug-likeness (QED) is 0.120. The monoisotopic (exact) mass is 700 g/mol. The molecule has 3 N–H and O–H groups in total. The van der Waals surface area contributed by atoms with Gasteiger partial charge in [-0.05, 0) is 51.8 Å². The smallest absolute Gasteiger partial charge is 0.240 e. The van der Waals surface area contributed by atoms with Crippen LogP contribution in [0.25, 0.3) is 21.5 Å². The summed E-state index contributed by atoms with van der Waals surface area (Å²) in [4.78, 5) is 8.11. The Morgan fingerprint density at radius 2 is 1.25 bits per heavy atom. The zero-order valence-corrected chi connectivity index (χ0v) is 30.0. The molecule has 242 valence electrons. The molecule has 0 saturated carbocycles. The fourth-order valence-electron chi connectivity index (χ4n) is 4.42. The third-order valence-electron chi connectivity index (χ3n) is 6.88. The minimum atomic E-state index is -3.60. The van der Waals surface area contributed by atoms with Crippen molar-refractivity contribution in [2.75, 3.05) is 0 Å². The van der Waals surface area contributed by atoms with Gasteiger partial charge in [0.1, 0.15) is 10.3 Å². The van der Waals surface area contributed by atoms with Gasteiger partial charge in [0.2, 0.25) is 10.0 Å². The minimum Gasteiger partial charge on any atom is -0.328 e. The summed E-state index contributed by atoms with van der Waals surface area (Å²) in [6, 6.07) is 10.9. The first-order valence-corrected chi connectivity index (χ1v) is 18.0. The highest BCUT2D eigenvalue weighted by Crippen LogP contribution is 2.30. The first kappa shape index (κ1) is 38.5. The van der Waals surface area contributed by atoms with Gasteiger partial charge in [-0.2, -0.15) is 0 Å². The Balaban J connectivity index is 0.000000268. The van der Waals surface area contributed by atoms with E-state index >= 15 is 0 Å². The van der Waals surface area contributed by atoms with Crippen LogP contribution in [-0.2, 0) is 10.0 Å². The van der Waals surface area contributed by atoms with Crippen molar-refractivity contribution in [2.45, 2.75) is 103 Å². The molecule has 0 aliphatic carbocycles. The van der Waals surface area contributed by atoms with E-state index in [4.69, 9.17) is 52.1 Å². The third kappa shape index (κ3) is 12.2. The van der Waals surface area contributed by atoms with Crippen LogP contribution in [0.3, 0.4) is 0 Å². The zero-order valence-electron chi connectivity index (χ0n) is 26.1. The lowest BCUT2D eigenvalue weighted by molar-refractivity contribution is 0.527. The molecule has 2 aromatic carbocycles. The lowest BCUT2D eigenvalue weighted by atomic mass is 10.1. The van der Waals surface area contributed by atoms with E-state index in [9.17, 15) is 8.42 Å². The number of fused-ring (bicyclic) bond motifs is 2. The molecule has 0 radical (unpaired) electrons. The van der Waals surface area contributed by atoms with Gasteiger partial charge in [0.15, 0.2) is 0 Å². The summed E-state index contributed by atoms with van der Waals surface area (Å²) in [7, 11) is -3.60. The van der Waals surface area contributed by atoms with E-state index in [0.717, 1.165) is 42.0 Å². The van der Waals surface area contributed by atoms with Crippen LogP contribution in [0.5, 0.6) is 0 Å². The summed E-state index contributed by atoms with van der Waals surface area (Å²) in [5.74, 6) is 0. The molecule has 11 heteroatoms. The second-order valence-electron chi connectivity index (χ2n) is 11.0. The summed E-state index contributed by atoms with van der Waals surface area (Å²) in [5.41, 5.74) is 6.68. The first-order chi connectivity index (χ1) is 20.8. The molecule has 0 aliphatic rings. The predicted molar refractivity (Wildman–Crippen MR) is 190 cm³/mol. The largest absolute Gasteiger partial charge is 0.328 e. The van der Waals surface area contributed by atoms with E-state index in [1.165, 1.54) is 44.0 Å². The van der Waals surface area contributed by atoms with Gasteiger partial charge in [0.05, 0.1) is 14.9 Å². The molecule has 0 aliphatic heterocycles. The topological polar surface area (TPSA) is 98.0 Å². The van der Waals surface area contributed by atoms with E-state index in [0.29, 0.717) is 32.0 Å². The maximum atomic E-state index is 12.5. The lowest BCUT2D eigenvalue weighted by Crippen LogP contribution is -2.32. The molecule has 6 nitrogen and oxygen atoms in total. The van der Waals surface area contributed by atoms with Gasteiger partial charge in [-0.3, -0.25) is 0 Å². The molecular weight excluding hydrogens is 658 g/mol. The molecule has 0 spiro atoms. The highest BCUT2D eigenvalue weighted by molar-refractivity contribution is 7.89. The van der Waals surface area contributed by atoms with Crippen LogP contribution in [0.4, 0.5) is 0 Å². The number of hydrogen-bond donors (Lipinski definition) is 2. The normalized spacial score (nSPS) is 12.7. The van der Waals surface area contributed by atoms with Crippen molar-refractivity contribution >= 4 is 78.0 Å². The number of halogens is 4. The van der Waals surface area contributed by atoms with E-state index in [1.807, 2.05) is 32.0 Å². The number of benzene rings is 2. The Hall–Kier alpha value is -1.71. The van der Waals surface area contributed by atoms with Crippen molar-refractivity contribution in [1.29, 1.82) is 0 Å². The average Bonchev–Trinajstić information content (AvgIpc) is 2.97. The molecule has 0 unspecified atom stereocenters. The fourth-order valence-corrected chi connectivity index (χ4v) is 6.56. The van der Waals surface area contributed by atoms with Crippen LogP contribution >= 0.6 is 46.4 Å². The van der Waals surface area contributed by atoms with Gasteiger partial charge in [0, 0.05) is 46.0 Å². The molecule has 4 aromatic rings. The van der Waals surface area contributed by atoms with Gasteiger partial charge >= 0.3 is 0 Å². The van der Waals surface area contributed by atoms with Crippen LogP contribution in [-0.4, -0.2) is 30.5 Å². The number of aromatic nitrogens is 2. The van der Waals surface area contributed by atoms with Gasteiger partial charge in [-0.25, -0.2) is 23.1 Å². The number of hydrogen-bond acceptors (Lipinski definition) is 5. The minimum absolute atomic E-state index is 0.116. The lowest BCUT2D eigenvalue weighted by Gasteiger charge is -2.14. The second kappa shape index (κ2) is 19.1. The maximum absolute atomic E-state index is 12.5. The Bertz CT molecular complexity index is 1600. The van der Waals surface area contributed by atoms with Gasteiger partial charge in [0.25, 0.3) is 0 Å². The number of nitrogens with zero attached hydrogens (tertiary/aromatic N) is 2. The average molecular weight is 703 g/mol. The number of aryl methyl sites for hydroxylation is 1. The van der Waals surface area contributed by atoms with E-state index in [-0.39, 0.29) is 16.1 Å². The first-order valence-electron chi connectivity index (χ1n) is 15.0. The van der Waals surface area contributed by atoms with Crippen molar-refractivity contribution in [2.24, 2.45) is 5.73 Å². The van der Waals surface area contributed by atoms with Crippen molar-refractivity contribution in [3.63, 3.8) is 0 Å². The number of sulfonamides is 1. The second-order valence-corrected chi connectivity index (χ2v) is 14.3. The van der Waals surface area contributed by atoms with Gasteiger partial charge in [-0.15, -0.1) is 0 Å². The Labute approximate surface area is 283 Å². The Morgan fingerprint density at radius 3 is 1.77 bits per heavy atom. The van der Waals surface area contributed by atoms with Crippen LogP contribution in [0.2, 0.25) is 20.4 Å². The molecule has 0 saturated heterocycles. The summed E-state index contributed by atoms with van der Waals surface area (Å²) in [5, 5.41) is 4.89. The van der Waals surface area contributed by atoms with Gasteiger partial charge < -0.3 is 5.73 Å². The Morgan fingerprint density at radius 1 is 0.750 bits per heavy atom. The summed E-state index contributed by atoms with van der Waals surface area (Å²) < 4.78 is 27.7. The number of nitrogens with two attached hydrogens (primary N) is 1. The standard InChI is InChI=1S/C16H20Cl2N2O2S.C10H7Cl2N.C7H17N/c1-3-4-5-6-11(2)20-23(21,22)12-7-8-13-14(9-12)16(18)19-10-15(13)17;1-6-2-3-7-8(4-6)10(12)13-5-9(7)11;1-3-4-5-6-7(2)8/h7-11,20H,3-6H2,1-2H3;2-5H,1H3;7H,3-6,8H2,1-2H3/t11-;;7-/m0.0/s1. The van der Waals surface area contributed by atoms with Crippen LogP contribution in [0, 0.1) is 6.92 Å². The number of pyridine rings is 2. The molecule has 0 bridgehead atoms. The molecule has 0 amide bonds. The molecule has 2 aromatic heterocycles. The predicted octanol–water partition coefficient (Wildman–Crippen LogP) is 10.6. The van der Waals surface area contributed by atoms with Crippen molar-refractivity contribution < 1.29 is 8.42 Å². The molecule has 2 atom stereocenters. The summed E-state index contributed by atoms with van der Waals surface area (Å²) in [6.07, 6.45) is 12.2. The van der Waals surface area contributed by atoms with Crippen molar-refractivity contribution in [1.82, 2.24) is 14.7 Å². The molecule has 2 heterocycles. The van der Waals surface area contributed by atoms with E-state index < -0.39 is 10.0 Å². The molecule has 44 heavy (non-hydrogen) atoms. The van der Waals surface area contributed by atoms with Crippen LogP contribution in [0.15, 0.2) is 53.7 Å². The highest BCUT2D eigenvalue weighted by Gasteiger charge is 2.19. The van der Waals surface area contributed by atoms with Gasteiger partial charge in [-0.1, -0.05) is 123 Å². The third-order valence-corrected chi connectivity index (χ3v) is 9.67. The van der Waals surface area contributed by atoms with Crippen LogP contribution < -0.4 is 10.5 Å². The summed E-state index contributed by atoms with van der Waals surface area (Å²) >= 11 is 24.0. The van der Waals surface area contributed by atoms with Crippen molar-refractivity contribution in [3.8, 4) is 0 Å². The van der Waals surface area contributed by atoms with Crippen molar-refractivity contribution in [3.05, 3.63) is 74.7 Å². The SMILES string of the molecule is CCCCC[C@H](C)N.CCCCC[C@H](C)NS(=O)(=O)c1ccc2c(Cl)cnc(Cl)c2c1.Cc1ccc2c(Cl)cnc(Cl)c2c1. The fraction of sp³-hybridized carbons (Fsp3) is 0.455. The molecule has 4 rings (SSSR count). The van der Waals surface area contributed by atoms with Crippen LogP contribution in [0.1, 0.15) is 84.6 Å². The summed E-state index contributed by atoms with van der Waals surface area (Å²) in [6.45, 7) is 10.3. The number of rotatable bonds is 11. The molecule has 0 fully saturated rings. The number of unbranched alkanes of at least 4 members (excludes halogenated alkanes) is 4. The maximum Gasteiger partial charge on any atom is 0.240 e. The Kier molecular flexibility index (Phi) is 16.7. The van der Waals surface area contributed by atoms with E-state index in [2.05, 4.69) is 35.5 Å². The zero-order chi connectivity index (χ0) is 32.9.